The van der Waals surface area contributed by atoms with E-state index in [0.29, 0.717) is 19.4 Å². The molecule has 142 valence electrons. The quantitative estimate of drug-likeness (QED) is 0.270. The Balaban J connectivity index is 2.81. The minimum absolute atomic E-state index is 0.0521. The van der Waals surface area contributed by atoms with E-state index in [0.717, 1.165) is 0 Å². The number of amides is 3. The molecular weight excluding hydrogens is 368 g/mol. The molecule has 0 aromatic heterocycles. The Morgan fingerprint density at radius 2 is 1.80 bits per heavy atom. The molecule has 9 nitrogen and oxygen atoms in total. The average Bonchev–Trinajstić information content (AvgIpc) is 3.05. The predicted molar refractivity (Wildman–Crippen MR) is 97.6 cm³/mol. The van der Waals surface area contributed by atoms with Crippen LogP contribution in [0.3, 0.4) is 0 Å². The first kappa shape index (κ1) is 21.6. The number of nitrogens with one attached hydrogen (secondary N) is 2. The molecule has 0 aromatic rings. The van der Waals surface area contributed by atoms with Gasteiger partial charge in [-0.3, -0.25) is 14.4 Å². The number of thiol groups is 2. The van der Waals surface area contributed by atoms with Gasteiger partial charge in [0.1, 0.15) is 18.1 Å². The number of nitrogens with two attached hydrogens (primary N) is 1. The number of carboxylic acids is 1. The maximum atomic E-state index is 12.6. The van der Waals surface area contributed by atoms with E-state index in [4.69, 9.17) is 10.8 Å². The molecular formula is C14H24N4O5S2. The standard InChI is InChI=1S/C14H24N4O5S2/c1-7(15)11(19)16-8(5-24)13(21)18-4-2-3-10(18)12(20)17-9(6-25)14(22)23/h7-10,24-25H,2-6,15H2,1H3,(H,16,19)(H,17,20)(H,22,23). The molecule has 0 radical (unpaired) electrons. The van der Waals surface area contributed by atoms with Gasteiger partial charge in [0, 0.05) is 18.1 Å². The Bertz CT molecular complexity index is 531. The van der Waals surface area contributed by atoms with Crippen molar-refractivity contribution in [3.8, 4) is 0 Å². The summed E-state index contributed by atoms with van der Waals surface area (Å²) < 4.78 is 0. The number of hydrogen-bond donors (Lipinski definition) is 6. The lowest BCUT2D eigenvalue weighted by Gasteiger charge is -2.29. The molecule has 4 unspecified atom stereocenters. The van der Waals surface area contributed by atoms with E-state index in [1.807, 2.05) is 0 Å². The van der Waals surface area contributed by atoms with Gasteiger partial charge in [-0.25, -0.2) is 4.79 Å². The van der Waals surface area contributed by atoms with Crippen LogP contribution >= 0.6 is 25.3 Å². The molecule has 5 N–H and O–H groups in total. The third kappa shape index (κ3) is 5.79. The smallest absolute Gasteiger partial charge is 0.327 e. The molecule has 0 aliphatic carbocycles. The molecule has 0 spiro atoms. The first-order valence-electron chi connectivity index (χ1n) is 7.84. The fourth-order valence-corrected chi connectivity index (χ4v) is 2.94. The van der Waals surface area contributed by atoms with Crippen LogP contribution in [-0.2, 0) is 19.2 Å². The number of nitrogens with zero attached hydrogens (tertiary/aromatic N) is 1. The van der Waals surface area contributed by atoms with Crippen molar-refractivity contribution in [2.75, 3.05) is 18.1 Å². The van der Waals surface area contributed by atoms with Crippen molar-refractivity contribution in [2.24, 2.45) is 5.73 Å². The van der Waals surface area contributed by atoms with Crippen LogP contribution in [0.1, 0.15) is 19.8 Å². The molecule has 3 amide bonds. The Hall–Kier alpha value is -1.46. The summed E-state index contributed by atoms with van der Waals surface area (Å²) in [6.07, 6.45) is 1.01. The summed E-state index contributed by atoms with van der Waals surface area (Å²) in [5, 5.41) is 13.9. The molecule has 0 bridgehead atoms. The van der Waals surface area contributed by atoms with Gasteiger partial charge in [-0.15, -0.1) is 0 Å². The van der Waals surface area contributed by atoms with Gasteiger partial charge in [0.15, 0.2) is 0 Å². The molecule has 0 aromatic carbocycles. The van der Waals surface area contributed by atoms with Crippen molar-refractivity contribution < 1.29 is 24.3 Å². The van der Waals surface area contributed by atoms with Crippen molar-refractivity contribution in [1.82, 2.24) is 15.5 Å². The van der Waals surface area contributed by atoms with Gasteiger partial charge >= 0.3 is 5.97 Å². The van der Waals surface area contributed by atoms with Crippen molar-refractivity contribution >= 4 is 48.9 Å². The van der Waals surface area contributed by atoms with E-state index in [1.165, 1.54) is 11.8 Å². The van der Waals surface area contributed by atoms with Crippen LogP contribution in [0.25, 0.3) is 0 Å². The largest absolute Gasteiger partial charge is 0.480 e. The summed E-state index contributed by atoms with van der Waals surface area (Å²) in [6, 6.07) is -3.61. The number of hydrogen-bond acceptors (Lipinski definition) is 7. The van der Waals surface area contributed by atoms with E-state index in [9.17, 15) is 19.2 Å². The highest BCUT2D eigenvalue weighted by molar-refractivity contribution is 7.80. The van der Waals surface area contributed by atoms with E-state index in [1.54, 1.807) is 0 Å². The van der Waals surface area contributed by atoms with Gasteiger partial charge < -0.3 is 26.4 Å². The van der Waals surface area contributed by atoms with Gasteiger partial charge in [-0.1, -0.05) is 0 Å². The van der Waals surface area contributed by atoms with Gasteiger partial charge in [0.05, 0.1) is 6.04 Å². The lowest BCUT2D eigenvalue weighted by atomic mass is 10.1. The molecule has 25 heavy (non-hydrogen) atoms. The summed E-state index contributed by atoms with van der Waals surface area (Å²) in [6.45, 7) is 1.83. The summed E-state index contributed by atoms with van der Waals surface area (Å²) in [5.74, 6) is -2.70. The van der Waals surface area contributed by atoms with Gasteiger partial charge in [-0.2, -0.15) is 25.3 Å². The Labute approximate surface area is 156 Å². The van der Waals surface area contributed by atoms with Crippen LogP contribution in [0.5, 0.6) is 0 Å². The first-order chi connectivity index (χ1) is 11.7. The van der Waals surface area contributed by atoms with Crippen molar-refractivity contribution in [2.45, 2.75) is 43.9 Å². The zero-order chi connectivity index (χ0) is 19.1. The molecule has 1 fully saturated rings. The highest BCUT2D eigenvalue weighted by Crippen LogP contribution is 2.19. The summed E-state index contributed by atoms with van der Waals surface area (Å²) in [5.41, 5.74) is 5.48. The molecule has 1 saturated heterocycles. The lowest BCUT2D eigenvalue weighted by Crippen LogP contribution is -2.57. The zero-order valence-corrected chi connectivity index (χ0v) is 15.6. The Morgan fingerprint density at radius 3 is 2.28 bits per heavy atom. The molecule has 1 aliphatic rings. The van der Waals surface area contributed by atoms with Crippen LogP contribution in [0.15, 0.2) is 0 Å². The number of carbonyl (C=O) groups is 4. The second-order valence-corrected chi connectivity index (χ2v) is 6.53. The molecule has 11 heteroatoms. The lowest BCUT2D eigenvalue weighted by molar-refractivity contribution is -0.144. The molecule has 1 heterocycles. The van der Waals surface area contributed by atoms with Crippen LogP contribution < -0.4 is 16.4 Å². The second-order valence-electron chi connectivity index (χ2n) is 5.80. The minimum atomic E-state index is -1.20. The summed E-state index contributed by atoms with van der Waals surface area (Å²) in [7, 11) is 0. The van der Waals surface area contributed by atoms with Crippen molar-refractivity contribution in [1.29, 1.82) is 0 Å². The number of rotatable bonds is 8. The SMILES string of the molecule is CC(N)C(=O)NC(CS)C(=O)N1CCCC1C(=O)NC(CS)C(=O)O. The molecule has 1 aliphatic heterocycles. The number of carboxylic acid groups (broad SMARTS) is 1. The topological polar surface area (TPSA) is 142 Å². The molecule has 4 atom stereocenters. The number of aliphatic carboxylic acids is 1. The van der Waals surface area contributed by atoms with Gasteiger partial charge in [0.25, 0.3) is 0 Å². The highest BCUT2D eigenvalue weighted by Gasteiger charge is 2.38. The van der Waals surface area contributed by atoms with Crippen LogP contribution in [0.2, 0.25) is 0 Å². The van der Waals surface area contributed by atoms with E-state index >= 15 is 0 Å². The number of carbonyl (C=O) groups excluding carboxylic acids is 3. The summed E-state index contributed by atoms with van der Waals surface area (Å²) in [4.78, 5) is 49.1. The fraction of sp³-hybridized carbons (Fsp3) is 0.714. The third-order valence-corrected chi connectivity index (χ3v) is 4.58. The van der Waals surface area contributed by atoms with Gasteiger partial charge in [-0.05, 0) is 19.8 Å². The predicted octanol–water partition coefficient (Wildman–Crippen LogP) is -1.76. The zero-order valence-electron chi connectivity index (χ0n) is 13.8. The second kappa shape index (κ2) is 9.88. The molecule has 1 rings (SSSR count). The summed E-state index contributed by atoms with van der Waals surface area (Å²) >= 11 is 7.97. The minimum Gasteiger partial charge on any atom is -0.480 e. The maximum absolute atomic E-state index is 12.6. The van der Waals surface area contributed by atoms with Crippen molar-refractivity contribution in [3.05, 3.63) is 0 Å². The van der Waals surface area contributed by atoms with Crippen LogP contribution in [-0.4, -0.2) is 75.9 Å². The molecule has 0 saturated carbocycles. The monoisotopic (exact) mass is 392 g/mol. The Morgan fingerprint density at radius 1 is 1.20 bits per heavy atom. The van der Waals surface area contributed by atoms with Crippen LogP contribution in [0.4, 0.5) is 0 Å². The first-order valence-corrected chi connectivity index (χ1v) is 9.10. The van der Waals surface area contributed by atoms with Crippen LogP contribution in [0, 0.1) is 0 Å². The average molecular weight is 393 g/mol. The normalized spacial score (nSPS) is 20.5. The van der Waals surface area contributed by atoms with Crippen molar-refractivity contribution in [3.63, 3.8) is 0 Å². The van der Waals surface area contributed by atoms with E-state index < -0.39 is 47.9 Å². The van der Waals surface area contributed by atoms with E-state index in [2.05, 4.69) is 35.9 Å². The maximum Gasteiger partial charge on any atom is 0.327 e. The third-order valence-electron chi connectivity index (χ3n) is 3.85. The van der Waals surface area contributed by atoms with Gasteiger partial charge in [0.2, 0.25) is 17.7 Å². The fourth-order valence-electron chi connectivity index (χ4n) is 2.45. The number of likely N-dealkylation sites (tertiary alicyclic amines) is 1. The van der Waals surface area contributed by atoms with E-state index in [-0.39, 0.29) is 11.5 Å². The highest BCUT2D eigenvalue weighted by atomic mass is 32.1. The Kier molecular flexibility index (Phi) is 8.53.